The van der Waals surface area contributed by atoms with Gasteiger partial charge in [-0.3, -0.25) is 0 Å². The molecule has 0 aliphatic heterocycles. The topological polar surface area (TPSA) is 21.3 Å². The van der Waals surface area contributed by atoms with E-state index in [4.69, 9.17) is 4.74 Å². The average molecular weight is 261 g/mol. The van der Waals surface area contributed by atoms with E-state index in [9.17, 15) is 0 Å². The highest BCUT2D eigenvalue weighted by molar-refractivity contribution is 5.35. The van der Waals surface area contributed by atoms with Crippen LogP contribution < -0.4 is 10.1 Å². The first kappa shape index (κ1) is 14.4. The Labute approximate surface area is 117 Å². The van der Waals surface area contributed by atoms with Crippen LogP contribution in [0.1, 0.15) is 50.2 Å². The van der Waals surface area contributed by atoms with Crippen molar-refractivity contribution in [1.82, 2.24) is 5.32 Å². The Morgan fingerprint density at radius 1 is 1.21 bits per heavy atom. The fourth-order valence-corrected chi connectivity index (χ4v) is 2.83. The van der Waals surface area contributed by atoms with E-state index in [0.29, 0.717) is 6.04 Å². The number of hydrogen-bond acceptors (Lipinski definition) is 2. The largest absolute Gasteiger partial charge is 0.489 e. The molecule has 0 heterocycles. The Balaban J connectivity index is 1.78. The maximum absolute atomic E-state index is 6.03. The monoisotopic (exact) mass is 261 g/mol. The molecule has 1 unspecified atom stereocenters. The minimum absolute atomic E-state index is 0.225. The number of hydrogen-bond donors (Lipinski definition) is 1. The van der Waals surface area contributed by atoms with Crippen molar-refractivity contribution >= 4 is 0 Å². The average Bonchev–Trinajstić information content (AvgIpc) is 2.41. The maximum atomic E-state index is 6.03. The molecule has 1 aliphatic carbocycles. The lowest BCUT2D eigenvalue weighted by atomic mass is 9.95. The molecule has 106 valence electrons. The molecule has 1 saturated carbocycles. The van der Waals surface area contributed by atoms with Crippen LogP contribution >= 0.6 is 0 Å². The summed E-state index contributed by atoms with van der Waals surface area (Å²) < 4.78 is 6.03. The van der Waals surface area contributed by atoms with Gasteiger partial charge in [0.1, 0.15) is 11.9 Å². The first-order chi connectivity index (χ1) is 9.15. The second-order valence-electron chi connectivity index (χ2n) is 5.94. The molecule has 0 spiro atoms. The molecule has 0 radical (unpaired) electrons. The van der Waals surface area contributed by atoms with Crippen molar-refractivity contribution in [3.05, 3.63) is 29.3 Å². The Morgan fingerprint density at radius 2 is 1.95 bits per heavy atom. The van der Waals surface area contributed by atoms with Crippen LogP contribution in [-0.2, 0) is 0 Å². The van der Waals surface area contributed by atoms with E-state index in [1.165, 1.54) is 43.2 Å². The minimum atomic E-state index is 0.225. The molecule has 1 N–H and O–H groups in total. The van der Waals surface area contributed by atoms with Crippen LogP contribution in [-0.4, -0.2) is 18.7 Å². The van der Waals surface area contributed by atoms with Crippen LogP contribution in [0.5, 0.6) is 5.75 Å². The van der Waals surface area contributed by atoms with Crippen molar-refractivity contribution in [1.29, 1.82) is 0 Å². The third-order valence-corrected chi connectivity index (χ3v) is 3.96. The SMILES string of the molecule is Cc1ccc(OC(C)CNC2CCCCC2)c(C)c1. The zero-order chi connectivity index (χ0) is 13.7. The molecule has 2 nitrogen and oxygen atoms in total. The standard InChI is InChI=1S/C17H27NO/c1-13-9-10-17(14(2)11-13)19-15(3)12-18-16-7-5-4-6-8-16/h9-11,15-16,18H,4-8,12H2,1-3H3. The summed E-state index contributed by atoms with van der Waals surface area (Å²) in [5, 5.41) is 3.65. The predicted molar refractivity (Wildman–Crippen MR) is 80.9 cm³/mol. The normalized spacial score (nSPS) is 18.3. The van der Waals surface area contributed by atoms with E-state index in [1.807, 2.05) is 0 Å². The lowest BCUT2D eigenvalue weighted by molar-refractivity contribution is 0.204. The smallest absolute Gasteiger partial charge is 0.122 e. The van der Waals surface area contributed by atoms with E-state index in [2.05, 4.69) is 44.3 Å². The van der Waals surface area contributed by atoms with Gasteiger partial charge in [-0.05, 0) is 45.2 Å². The molecule has 19 heavy (non-hydrogen) atoms. The molecule has 0 aromatic heterocycles. The fourth-order valence-electron chi connectivity index (χ4n) is 2.83. The molecule has 2 rings (SSSR count). The number of benzene rings is 1. The molecule has 1 aromatic rings. The molecule has 0 bridgehead atoms. The summed E-state index contributed by atoms with van der Waals surface area (Å²) in [4.78, 5) is 0. The van der Waals surface area contributed by atoms with E-state index in [0.717, 1.165) is 12.3 Å². The third-order valence-electron chi connectivity index (χ3n) is 3.96. The van der Waals surface area contributed by atoms with Crippen LogP contribution in [0.4, 0.5) is 0 Å². The summed E-state index contributed by atoms with van der Waals surface area (Å²) >= 11 is 0. The number of aryl methyl sites for hydroxylation is 2. The predicted octanol–water partition coefficient (Wildman–Crippen LogP) is 3.99. The van der Waals surface area contributed by atoms with Crippen LogP contribution in [0.2, 0.25) is 0 Å². The van der Waals surface area contributed by atoms with E-state index in [1.54, 1.807) is 0 Å². The van der Waals surface area contributed by atoms with Crippen molar-refractivity contribution in [2.45, 2.75) is 65.0 Å². The van der Waals surface area contributed by atoms with Gasteiger partial charge in [0.2, 0.25) is 0 Å². The summed E-state index contributed by atoms with van der Waals surface area (Å²) in [5.41, 5.74) is 2.52. The second kappa shape index (κ2) is 6.95. The van der Waals surface area contributed by atoms with Crippen LogP contribution in [0.25, 0.3) is 0 Å². The van der Waals surface area contributed by atoms with Gasteiger partial charge in [-0.15, -0.1) is 0 Å². The van der Waals surface area contributed by atoms with E-state index in [-0.39, 0.29) is 6.10 Å². The van der Waals surface area contributed by atoms with Gasteiger partial charge in [0, 0.05) is 12.6 Å². The van der Waals surface area contributed by atoms with E-state index >= 15 is 0 Å². The Kier molecular flexibility index (Phi) is 5.26. The van der Waals surface area contributed by atoms with Gasteiger partial charge in [0.05, 0.1) is 0 Å². The molecular formula is C17H27NO. The third kappa shape index (κ3) is 4.54. The minimum Gasteiger partial charge on any atom is -0.489 e. The molecule has 1 aromatic carbocycles. The Hall–Kier alpha value is -1.02. The second-order valence-corrected chi connectivity index (χ2v) is 5.94. The number of ether oxygens (including phenoxy) is 1. The summed E-state index contributed by atoms with van der Waals surface area (Å²) in [6.45, 7) is 7.32. The van der Waals surface area contributed by atoms with Crippen LogP contribution in [0.3, 0.4) is 0 Å². The fraction of sp³-hybridized carbons (Fsp3) is 0.647. The first-order valence-corrected chi connectivity index (χ1v) is 7.62. The van der Waals surface area contributed by atoms with Crippen molar-refractivity contribution in [2.24, 2.45) is 0 Å². The lowest BCUT2D eigenvalue weighted by Crippen LogP contribution is -2.37. The van der Waals surface area contributed by atoms with Gasteiger partial charge in [0.25, 0.3) is 0 Å². The Morgan fingerprint density at radius 3 is 2.63 bits per heavy atom. The summed E-state index contributed by atoms with van der Waals surface area (Å²) in [6, 6.07) is 7.08. The first-order valence-electron chi connectivity index (χ1n) is 7.62. The van der Waals surface area contributed by atoms with Crippen molar-refractivity contribution in [2.75, 3.05) is 6.54 Å². The molecule has 1 atom stereocenters. The van der Waals surface area contributed by atoms with Crippen molar-refractivity contribution in [3.63, 3.8) is 0 Å². The molecule has 1 fully saturated rings. The maximum Gasteiger partial charge on any atom is 0.122 e. The zero-order valence-corrected chi connectivity index (χ0v) is 12.5. The van der Waals surface area contributed by atoms with Gasteiger partial charge in [0.15, 0.2) is 0 Å². The molecular weight excluding hydrogens is 234 g/mol. The van der Waals surface area contributed by atoms with Gasteiger partial charge in [-0.2, -0.15) is 0 Å². The van der Waals surface area contributed by atoms with Crippen LogP contribution in [0.15, 0.2) is 18.2 Å². The number of rotatable bonds is 5. The summed E-state index contributed by atoms with van der Waals surface area (Å²) in [6.07, 6.45) is 7.05. The molecule has 0 amide bonds. The Bertz CT molecular complexity index is 396. The van der Waals surface area contributed by atoms with Gasteiger partial charge in [-0.25, -0.2) is 0 Å². The lowest BCUT2D eigenvalue weighted by Gasteiger charge is -2.25. The van der Waals surface area contributed by atoms with Crippen molar-refractivity contribution in [3.8, 4) is 5.75 Å². The highest BCUT2D eigenvalue weighted by atomic mass is 16.5. The zero-order valence-electron chi connectivity index (χ0n) is 12.5. The van der Waals surface area contributed by atoms with Gasteiger partial charge < -0.3 is 10.1 Å². The van der Waals surface area contributed by atoms with Crippen LogP contribution in [0, 0.1) is 13.8 Å². The summed E-state index contributed by atoms with van der Waals surface area (Å²) in [7, 11) is 0. The molecule has 2 heteroatoms. The quantitative estimate of drug-likeness (QED) is 0.865. The summed E-state index contributed by atoms with van der Waals surface area (Å²) in [5.74, 6) is 1.02. The molecule has 0 saturated heterocycles. The number of nitrogens with one attached hydrogen (secondary N) is 1. The highest BCUT2D eigenvalue weighted by Crippen LogP contribution is 2.20. The van der Waals surface area contributed by atoms with Crippen molar-refractivity contribution < 1.29 is 4.74 Å². The van der Waals surface area contributed by atoms with Gasteiger partial charge >= 0.3 is 0 Å². The van der Waals surface area contributed by atoms with E-state index < -0.39 is 0 Å². The van der Waals surface area contributed by atoms with Gasteiger partial charge in [-0.1, -0.05) is 37.0 Å². The highest BCUT2D eigenvalue weighted by Gasteiger charge is 2.14. The molecule has 1 aliphatic rings.